The normalized spacial score (nSPS) is 13.8. The van der Waals surface area contributed by atoms with E-state index in [0.717, 1.165) is 0 Å². The molecule has 1 unspecified atom stereocenters. The number of nitrogens with two attached hydrogens (primary N) is 1. The Morgan fingerprint density at radius 1 is 1.52 bits per heavy atom. The van der Waals surface area contributed by atoms with Crippen molar-refractivity contribution in [1.29, 1.82) is 0 Å². The van der Waals surface area contributed by atoms with Crippen LogP contribution in [-0.4, -0.2) is 22.9 Å². The van der Waals surface area contributed by atoms with Gasteiger partial charge >= 0.3 is 0 Å². The third-order valence-corrected chi connectivity index (χ3v) is 4.46. The number of halogens is 1. The van der Waals surface area contributed by atoms with E-state index in [9.17, 15) is 14.9 Å². The SMILES string of the molecule is CC(C)C(C)(CN)NC(=O)Cc1ccc([N+](=O)[O-])cc1Br. The van der Waals surface area contributed by atoms with Gasteiger partial charge in [-0.25, -0.2) is 0 Å². The number of carbonyl (C=O) groups is 1. The fourth-order valence-corrected chi connectivity index (χ4v) is 2.27. The highest BCUT2D eigenvalue weighted by atomic mass is 79.9. The second-order valence-electron chi connectivity index (χ2n) is 5.53. The number of nitro benzene ring substituents is 1. The van der Waals surface area contributed by atoms with Crippen LogP contribution in [0.15, 0.2) is 22.7 Å². The number of non-ortho nitro benzene ring substituents is 1. The van der Waals surface area contributed by atoms with Crippen molar-refractivity contribution in [1.82, 2.24) is 5.32 Å². The van der Waals surface area contributed by atoms with Gasteiger partial charge in [0.05, 0.1) is 16.9 Å². The van der Waals surface area contributed by atoms with Gasteiger partial charge in [0, 0.05) is 23.2 Å². The lowest BCUT2D eigenvalue weighted by molar-refractivity contribution is -0.384. The molecule has 21 heavy (non-hydrogen) atoms. The highest BCUT2D eigenvalue weighted by Gasteiger charge is 2.28. The number of nitro groups is 1. The summed E-state index contributed by atoms with van der Waals surface area (Å²) >= 11 is 3.26. The molecule has 3 N–H and O–H groups in total. The van der Waals surface area contributed by atoms with Gasteiger partial charge in [0.15, 0.2) is 0 Å². The molecule has 1 rings (SSSR count). The maximum atomic E-state index is 12.1. The summed E-state index contributed by atoms with van der Waals surface area (Å²) in [7, 11) is 0. The molecule has 1 amide bonds. The molecule has 0 fully saturated rings. The monoisotopic (exact) mass is 357 g/mol. The Balaban J connectivity index is 2.82. The molecule has 6 nitrogen and oxygen atoms in total. The summed E-state index contributed by atoms with van der Waals surface area (Å²) in [5, 5.41) is 13.6. The van der Waals surface area contributed by atoms with Crippen molar-refractivity contribution >= 4 is 27.5 Å². The zero-order valence-corrected chi connectivity index (χ0v) is 13.9. The standard InChI is InChI=1S/C14H20BrN3O3/c1-9(2)14(3,8-16)17-13(19)6-10-4-5-11(18(20)21)7-12(10)15/h4-5,7,9H,6,8,16H2,1-3H3,(H,17,19). The molecule has 0 heterocycles. The predicted molar refractivity (Wildman–Crippen MR) is 84.9 cm³/mol. The second kappa shape index (κ2) is 7.00. The summed E-state index contributed by atoms with van der Waals surface area (Å²) in [6.45, 7) is 6.24. The molecule has 1 atom stereocenters. The van der Waals surface area contributed by atoms with Crippen LogP contribution in [0.4, 0.5) is 5.69 Å². The lowest BCUT2D eigenvalue weighted by atomic mass is 9.88. The topological polar surface area (TPSA) is 98.3 Å². The molecule has 0 aliphatic rings. The van der Waals surface area contributed by atoms with Crippen LogP contribution in [0.3, 0.4) is 0 Å². The lowest BCUT2D eigenvalue weighted by Crippen LogP contribution is -2.55. The van der Waals surface area contributed by atoms with E-state index >= 15 is 0 Å². The fraction of sp³-hybridized carbons (Fsp3) is 0.500. The first kappa shape index (κ1) is 17.6. The minimum absolute atomic E-state index is 0.0139. The van der Waals surface area contributed by atoms with E-state index in [-0.39, 0.29) is 23.9 Å². The van der Waals surface area contributed by atoms with Gasteiger partial charge < -0.3 is 11.1 Å². The Hall–Kier alpha value is -1.47. The van der Waals surface area contributed by atoms with Crippen LogP contribution in [0.2, 0.25) is 0 Å². The Bertz CT molecular complexity index is 548. The smallest absolute Gasteiger partial charge is 0.270 e. The van der Waals surface area contributed by atoms with Crippen LogP contribution in [0, 0.1) is 16.0 Å². The number of rotatable bonds is 6. The number of amides is 1. The van der Waals surface area contributed by atoms with Gasteiger partial charge in [-0.05, 0) is 18.4 Å². The third-order valence-electron chi connectivity index (χ3n) is 3.72. The van der Waals surface area contributed by atoms with E-state index in [1.54, 1.807) is 6.07 Å². The molecule has 0 aliphatic heterocycles. The average molecular weight is 358 g/mol. The maximum absolute atomic E-state index is 12.1. The number of nitrogens with zero attached hydrogens (tertiary/aromatic N) is 1. The second-order valence-corrected chi connectivity index (χ2v) is 6.39. The van der Waals surface area contributed by atoms with Crippen LogP contribution >= 0.6 is 15.9 Å². The van der Waals surface area contributed by atoms with Crippen LogP contribution in [-0.2, 0) is 11.2 Å². The molecule has 116 valence electrons. The molecule has 0 bridgehead atoms. The van der Waals surface area contributed by atoms with E-state index in [1.807, 2.05) is 20.8 Å². The summed E-state index contributed by atoms with van der Waals surface area (Å²) in [6.07, 6.45) is 0.140. The van der Waals surface area contributed by atoms with Crippen molar-refractivity contribution in [3.8, 4) is 0 Å². The maximum Gasteiger partial charge on any atom is 0.270 e. The number of carbonyl (C=O) groups excluding carboxylic acids is 1. The molecular weight excluding hydrogens is 338 g/mol. The number of nitrogens with one attached hydrogen (secondary N) is 1. The molecule has 0 saturated heterocycles. The Labute approximate surface area is 132 Å². The Kier molecular flexibility index (Phi) is 5.86. The number of hydrogen-bond donors (Lipinski definition) is 2. The summed E-state index contributed by atoms with van der Waals surface area (Å²) < 4.78 is 0.547. The first-order valence-corrected chi connectivity index (χ1v) is 7.43. The Morgan fingerprint density at radius 3 is 2.57 bits per heavy atom. The van der Waals surface area contributed by atoms with Crippen molar-refractivity contribution in [3.63, 3.8) is 0 Å². The van der Waals surface area contributed by atoms with E-state index < -0.39 is 10.5 Å². The van der Waals surface area contributed by atoms with Crippen LogP contribution in [0.5, 0.6) is 0 Å². The third kappa shape index (κ3) is 4.50. The molecule has 0 spiro atoms. The van der Waals surface area contributed by atoms with Gasteiger partial charge in [0.25, 0.3) is 5.69 Å². The highest BCUT2D eigenvalue weighted by molar-refractivity contribution is 9.10. The van der Waals surface area contributed by atoms with Crippen LogP contribution in [0.25, 0.3) is 0 Å². The van der Waals surface area contributed by atoms with Crippen LogP contribution in [0.1, 0.15) is 26.3 Å². The van der Waals surface area contributed by atoms with Crippen molar-refractivity contribution < 1.29 is 9.72 Å². The average Bonchev–Trinajstić information content (AvgIpc) is 2.40. The summed E-state index contributed by atoms with van der Waals surface area (Å²) in [4.78, 5) is 22.3. The van der Waals surface area contributed by atoms with E-state index in [0.29, 0.717) is 16.6 Å². The molecule has 1 aromatic carbocycles. The minimum atomic E-state index is -0.473. The quantitative estimate of drug-likeness (QED) is 0.603. The molecule has 7 heteroatoms. The van der Waals surface area contributed by atoms with E-state index in [2.05, 4.69) is 21.2 Å². The van der Waals surface area contributed by atoms with Gasteiger partial charge in [-0.15, -0.1) is 0 Å². The van der Waals surface area contributed by atoms with E-state index in [1.165, 1.54) is 12.1 Å². The molecule has 0 aromatic heterocycles. The zero-order chi connectivity index (χ0) is 16.2. The van der Waals surface area contributed by atoms with Crippen molar-refractivity contribution in [2.24, 2.45) is 11.7 Å². The molecule has 0 aliphatic carbocycles. The Morgan fingerprint density at radius 2 is 2.14 bits per heavy atom. The molecular formula is C14H20BrN3O3. The molecule has 0 saturated carbocycles. The zero-order valence-electron chi connectivity index (χ0n) is 12.4. The van der Waals surface area contributed by atoms with E-state index in [4.69, 9.17) is 5.73 Å². The summed E-state index contributed by atoms with van der Waals surface area (Å²) in [5.41, 5.74) is 5.95. The summed E-state index contributed by atoms with van der Waals surface area (Å²) in [5.74, 6) is 0.0398. The van der Waals surface area contributed by atoms with Crippen molar-refractivity contribution in [3.05, 3.63) is 38.3 Å². The minimum Gasteiger partial charge on any atom is -0.349 e. The molecule has 1 aromatic rings. The molecule has 0 radical (unpaired) electrons. The van der Waals surface area contributed by atoms with Gasteiger partial charge in [0.2, 0.25) is 5.91 Å². The lowest BCUT2D eigenvalue weighted by Gasteiger charge is -2.33. The van der Waals surface area contributed by atoms with Gasteiger partial charge in [0.1, 0.15) is 0 Å². The first-order valence-electron chi connectivity index (χ1n) is 6.63. The van der Waals surface area contributed by atoms with Crippen molar-refractivity contribution in [2.45, 2.75) is 32.7 Å². The van der Waals surface area contributed by atoms with Gasteiger partial charge in [-0.1, -0.05) is 35.8 Å². The van der Waals surface area contributed by atoms with Gasteiger partial charge in [-0.2, -0.15) is 0 Å². The first-order chi connectivity index (χ1) is 9.69. The fourth-order valence-electron chi connectivity index (χ4n) is 1.76. The van der Waals surface area contributed by atoms with Crippen molar-refractivity contribution in [2.75, 3.05) is 6.54 Å². The number of benzene rings is 1. The van der Waals surface area contributed by atoms with Gasteiger partial charge in [-0.3, -0.25) is 14.9 Å². The largest absolute Gasteiger partial charge is 0.349 e. The predicted octanol–water partition coefficient (Wildman–Crippen LogP) is 2.39. The summed E-state index contributed by atoms with van der Waals surface area (Å²) in [6, 6.07) is 4.36. The number of hydrogen-bond acceptors (Lipinski definition) is 4. The highest BCUT2D eigenvalue weighted by Crippen LogP contribution is 2.24. The van der Waals surface area contributed by atoms with Crippen LogP contribution < -0.4 is 11.1 Å².